The Morgan fingerprint density at radius 3 is 2.73 bits per heavy atom. The van der Waals surface area contributed by atoms with E-state index in [2.05, 4.69) is 15.3 Å². The third-order valence-corrected chi connectivity index (χ3v) is 6.37. The maximum atomic E-state index is 14.9. The number of piperidine rings is 1. The van der Waals surface area contributed by atoms with Crippen LogP contribution in [0, 0.1) is 17.6 Å². The first-order valence-electron chi connectivity index (χ1n) is 10.7. The van der Waals surface area contributed by atoms with E-state index in [0.717, 1.165) is 24.1 Å². The molecular formula is C24H21F3N4O2. The Morgan fingerprint density at radius 1 is 1.12 bits per heavy atom. The number of halogens is 3. The molecule has 2 atom stereocenters. The molecule has 0 spiro atoms. The largest absolute Gasteiger partial charge is 0.481 e. The molecule has 2 amide bonds. The Balaban J connectivity index is 1.41. The fourth-order valence-electron chi connectivity index (χ4n) is 4.83. The van der Waals surface area contributed by atoms with Gasteiger partial charge in [-0.2, -0.15) is 4.39 Å². The minimum atomic E-state index is -0.770. The molecule has 2 aliphatic rings. The van der Waals surface area contributed by atoms with Gasteiger partial charge >= 0.3 is 6.03 Å². The first kappa shape index (κ1) is 21.2. The molecule has 1 fully saturated rings. The Bertz CT molecular complexity index is 1220. The summed E-state index contributed by atoms with van der Waals surface area (Å²) in [6, 6.07) is 5.74. The minimum Gasteiger partial charge on any atom is -0.481 e. The van der Waals surface area contributed by atoms with Gasteiger partial charge in [0.2, 0.25) is 11.8 Å². The SMILES string of the molecule is COc1ccc(-c2cc(F)c(NC(=O)N3[C@H]4CCC[C@@H]3c3ccnc(F)c3C4)cc2F)cn1. The highest BCUT2D eigenvalue weighted by atomic mass is 19.1. The van der Waals surface area contributed by atoms with Crippen molar-refractivity contribution in [2.24, 2.45) is 0 Å². The average Bonchev–Trinajstić information content (AvgIpc) is 2.81. The Labute approximate surface area is 188 Å². The van der Waals surface area contributed by atoms with Gasteiger partial charge in [0.05, 0.1) is 18.8 Å². The predicted octanol–water partition coefficient (Wildman–Crippen LogP) is 5.25. The molecule has 0 unspecified atom stereocenters. The van der Waals surface area contributed by atoms with Gasteiger partial charge in [0.1, 0.15) is 11.6 Å². The van der Waals surface area contributed by atoms with Crippen molar-refractivity contribution in [2.45, 2.75) is 37.8 Å². The molecule has 33 heavy (non-hydrogen) atoms. The van der Waals surface area contributed by atoms with Crippen molar-refractivity contribution in [1.29, 1.82) is 0 Å². The number of benzene rings is 1. The number of carbonyl (C=O) groups is 1. The van der Waals surface area contributed by atoms with Crippen LogP contribution in [0.3, 0.4) is 0 Å². The number of nitrogens with zero attached hydrogens (tertiary/aromatic N) is 3. The third kappa shape index (κ3) is 3.77. The van der Waals surface area contributed by atoms with E-state index in [1.54, 1.807) is 23.1 Å². The highest BCUT2D eigenvalue weighted by molar-refractivity contribution is 5.91. The molecule has 2 bridgehead atoms. The smallest absolute Gasteiger partial charge is 0.322 e. The summed E-state index contributed by atoms with van der Waals surface area (Å²) < 4.78 is 48.9. The molecule has 4 heterocycles. The molecule has 1 N–H and O–H groups in total. The molecule has 5 rings (SSSR count). The number of carbonyl (C=O) groups excluding carboxylic acids is 1. The van der Waals surface area contributed by atoms with Gasteiger partial charge < -0.3 is 15.0 Å². The number of pyridine rings is 2. The topological polar surface area (TPSA) is 67.3 Å². The number of urea groups is 1. The molecule has 170 valence electrons. The molecule has 0 radical (unpaired) electrons. The summed E-state index contributed by atoms with van der Waals surface area (Å²) >= 11 is 0. The zero-order valence-electron chi connectivity index (χ0n) is 17.8. The van der Waals surface area contributed by atoms with Crippen molar-refractivity contribution in [3.05, 3.63) is 71.4 Å². The van der Waals surface area contributed by atoms with Crippen molar-refractivity contribution >= 4 is 11.7 Å². The fourth-order valence-corrected chi connectivity index (χ4v) is 4.83. The van der Waals surface area contributed by atoms with Crippen molar-refractivity contribution < 1.29 is 22.7 Å². The molecule has 2 aromatic heterocycles. The van der Waals surface area contributed by atoms with Gasteiger partial charge in [-0.25, -0.2) is 23.5 Å². The summed E-state index contributed by atoms with van der Waals surface area (Å²) in [5, 5.41) is 2.52. The highest BCUT2D eigenvalue weighted by Crippen LogP contribution is 2.42. The standard InChI is InChI=1S/C24H21F3N4O2/c1-33-22-6-5-13(12-29-22)16-10-19(26)20(11-18(16)25)30-24(32)31-14-3-2-4-21(31)15-7-8-28-23(27)17(15)9-14/h5-8,10-12,14,21H,2-4,9H2,1H3,(H,30,32)/t14-,21+/m0/s1. The van der Waals surface area contributed by atoms with E-state index >= 15 is 0 Å². The minimum absolute atomic E-state index is 0.0207. The van der Waals surface area contributed by atoms with Crippen LogP contribution in [0.2, 0.25) is 0 Å². The van der Waals surface area contributed by atoms with E-state index < -0.39 is 23.6 Å². The van der Waals surface area contributed by atoms with E-state index in [1.807, 2.05) is 0 Å². The number of methoxy groups -OCH3 is 1. The molecular weight excluding hydrogens is 433 g/mol. The second-order valence-electron chi connectivity index (χ2n) is 8.21. The molecule has 0 aliphatic carbocycles. The van der Waals surface area contributed by atoms with E-state index in [-0.39, 0.29) is 23.3 Å². The zero-order valence-corrected chi connectivity index (χ0v) is 17.8. The second kappa shape index (κ2) is 8.38. The van der Waals surface area contributed by atoms with Gasteiger partial charge in [0.15, 0.2) is 0 Å². The summed E-state index contributed by atoms with van der Waals surface area (Å²) in [6.45, 7) is 0. The van der Waals surface area contributed by atoms with E-state index in [9.17, 15) is 18.0 Å². The summed E-state index contributed by atoms with van der Waals surface area (Å²) in [5.74, 6) is -1.63. The summed E-state index contributed by atoms with van der Waals surface area (Å²) in [7, 11) is 1.46. The van der Waals surface area contributed by atoms with Crippen LogP contribution in [0.25, 0.3) is 11.1 Å². The number of anilines is 1. The molecule has 0 saturated carbocycles. The quantitative estimate of drug-likeness (QED) is 0.549. The number of amides is 2. The van der Waals surface area contributed by atoms with Crippen LogP contribution in [0.4, 0.5) is 23.7 Å². The summed E-state index contributed by atoms with van der Waals surface area (Å²) in [5.41, 5.74) is 1.40. The van der Waals surface area contributed by atoms with Crippen LogP contribution in [0.1, 0.15) is 36.4 Å². The second-order valence-corrected chi connectivity index (χ2v) is 8.21. The van der Waals surface area contributed by atoms with Gasteiger partial charge in [-0.1, -0.05) is 0 Å². The monoisotopic (exact) mass is 454 g/mol. The van der Waals surface area contributed by atoms with Crippen LogP contribution in [0.5, 0.6) is 5.88 Å². The lowest BCUT2D eigenvalue weighted by molar-refractivity contribution is 0.104. The lowest BCUT2D eigenvalue weighted by atomic mass is 9.81. The fraction of sp³-hybridized carbons (Fsp3) is 0.292. The normalized spacial score (nSPS) is 19.1. The van der Waals surface area contributed by atoms with Crippen molar-refractivity contribution in [3.8, 4) is 17.0 Å². The highest BCUT2D eigenvalue weighted by Gasteiger charge is 2.41. The number of hydrogen-bond acceptors (Lipinski definition) is 4. The molecule has 6 nitrogen and oxygen atoms in total. The van der Waals surface area contributed by atoms with E-state index in [4.69, 9.17) is 4.74 Å². The van der Waals surface area contributed by atoms with E-state index in [1.165, 1.54) is 19.5 Å². The van der Waals surface area contributed by atoms with Gasteiger partial charge in [-0.3, -0.25) is 0 Å². The van der Waals surface area contributed by atoms with Crippen molar-refractivity contribution in [1.82, 2.24) is 14.9 Å². The number of aromatic nitrogens is 2. The Kier molecular flexibility index (Phi) is 5.39. The van der Waals surface area contributed by atoms with Crippen LogP contribution < -0.4 is 10.1 Å². The van der Waals surface area contributed by atoms with Crippen molar-refractivity contribution in [2.75, 3.05) is 12.4 Å². The summed E-state index contributed by atoms with van der Waals surface area (Å²) in [6.07, 6.45) is 5.39. The van der Waals surface area contributed by atoms with Gasteiger partial charge in [0.25, 0.3) is 0 Å². The van der Waals surface area contributed by atoms with Crippen LogP contribution in [0.15, 0.2) is 42.7 Å². The van der Waals surface area contributed by atoms with Gasteiger partial charge in [-0.05, 0) is 49.4 Å². The number of hydrogen-bond donors (Lipinski definition) is 1. The first-order valence-corrected chi connectivity index (χ1v) is 10.7. The van der Waals surface area contributed by atoms with Gasteiger partial charge in [-0.15, -0.1) is 0 Å². The third-order valence-electron chi connectivity index (χ3n) is 6.37. The Morgan fingerprint density at radius 2 is 1.97 bits per heavy atom. The van der Waals surface area contributed by atoms with E-state index in [0.29, 0.717) is 36.3 Å². The molecule has 1 saturated heterocycles. The molecule has 1 aromatic carbocycles. The lowest BCUT2D eigenvalue weighted by Crippen LogP contribution is -2.51. The number of fused-ring (bicyclic) bond motifs is 4. The maximum Gasteiger partial charge on any atom is 0.322 e. The van der Waals surface area contributed by atoms with Crippen molar-refractivity contribution in [3.63, 3.8) is 0 Å². The molecule has 2 aliphatic heterocycles. The summed E-state index contributed by atoms with van der Waals surface area (Å²) in [4.78, 5) is 22.5. The van der Waals surface area contributed by atoms with Crippen LogP contribution in [-0.2, 0) is 6.42 Å². The maximum absolute atomic E-state index is 14.9. The van der Waals surface area contributed by atoms with Crippen LogP contribution >= 0.6 is 0 Å². The molecule has 3 aromatic rings. The first-order chi connectivity index (χ1) is 16.0. The zero-order chi connectivity index (χ0) is 23.1. The van der Waals surface area contributed by atoms with Crippen LogP contribution in [-0.4, -0.2) is 34.1 Å². The average molecular weight is 454 g/mol. The Hall–Kier alpha value is -3.62. The lowest BCUT2D eigenvalue weighted by Gasteiger charge is -2.46. The van der Waals surface area contributed by atoms with Gasteiger partial charge in [0, 0.05) is 47.3 Å². The predicted molar refractivity (Wildman–Crippen MR) is 115 cm³/mol. The number of nitrogens with one attached hydrogen (secondary N) is 1. The number of rotatable bonds is 3. The molecule has 9 heteroatoms. The number of ether oxygens (including phenoxy) is 1.